The Balaban J connectivity index is 2.34. The third-order valence-electron chi connectivity index (χ3n) is 3.66. The molecule has 0 aliphatic carbocycles. The van der Waals surface area contributed by atoms with E-state index < -0.39 is 33.4 Å². The number of nitro groups is 1. The molecule has 1 unspecified atom stereocenters. The van der Waals surface area contributed by atoms with Gasteiger partial charge in [-0.1, -0.05) is 46.4 Å². The molecule has 0 saturated heterocycles. The molecule has 8 nitrogen and oxygen atoms in total. The number of amides is 1. The number of carbonyl (C=O) groups is 2. The van der Waals surface area contributed by atoms with Gasteiger partial charge in [0.25, 0.3) is 5.69 Å². The lowest BCUT2D eigenvalue weighted by Crippen LogP contribution is -2.49. The summed E-state index contributed by atoms with van der Waals surface area (Å²) in [4.78, 5) is 35.9. The largest absolute Gasteiger partial charge is 0.467 e. The van der Waals surface area contributed by atoms with Gasteiger partial charge in [-0.2, -0.15) is 0 Å². The van der Waals surface area contributed by atoms with Crippen molar-refractivity contribution < 1.29 is 24.0 Å². The Morgan fingerprint density at radius 1 is 1.35 bits per heavy atom. The molecule has 1 heterocycles. The summed E-state index contributed by atoms with van der Waals surface area (Å²) >= 11 is 22.6. The predicted molar refractivity (Wildman–Crippen MR) is 94.8 cm³/mol. The minimum atomic E-state index is -1.81. The third-order valence-corrected chi connectivity index (χ3v) is 4.29. The zero-order valence-electron chi connectivity index (χ0n) is 13.2. The van der Waals surface area contributed by atoms with Crippen molar-refractivity contribution in [3.63, 3.8) is 0 Å². The fourth-order valence-corrected chi connectivity index (χ4v) is 2.92. The number of halogens is 4. The topological polar surface area (TPSA) is 99.0 Å². The molecule has 0 spiro atoms. The second-order valence-electron chi connectivity index (χ2n) is 5.37. The molecule has 1 atom stereocenters. The molecule has 1 aliphatic rings. The molecule has 12 heteroatoms. The van der Waals surface area contributed by atoms with Crippen LogP contribution in [0.2, 0.25) is 5.02 Å². The first-order chi connectivity index (χ1) is 12.0. The highest BCUT2D eigenvalue weighted by Gasteiger charge is 2.38. The van der Waals surface area contributed by atoms with Gasteiger partial charge in [-0.05, 0) is 17.2 Å². The summed E-state index contributed by atoms with van der Waals surface area (Å²) < 4.78 is 7.81. The summed E-state index contributed by atoms with van der Waals surface area (Å²) in [6.45, 7) is -0.597. The maximum atomic E-state index is 12.3. The van der Waals surface area contributed by atoms with E-state index in [1.807, 2.05) is 0 Å². The number of nitro benzene ring substituents is 1. The quantitative estimate of drug-likeness (QED) is 0.304. The van der Waals surface area contributed by atoms with Crippen molar-refractivity contribution in [2.75, 3.05) is 13.7 Å². The van der Waals surface area contributed by atoms with Crippen LogP contribution in [0.15, 0.2) is 12.1 Å². The van der Waals surface area contributed by atoms with Crippen molar-refractivity contribution in [3.8, 4) is 0 Å². The van der Waals surface area contributed by atoms with Crippen LogP contribution in [0.3, 0.4) is 0 Å². The number of fused-ring (bicyclic) bond motifs is 1. The first kappa shape index (κ1) is 20.8. The molecule has 0 saturated carbocycles. The molecule has 1 aromatic rings. The van der Waals surface area contributed by atoms with E-state index in [1.165, 1.54) is 12.1 Å². The van der Waals surface area contributed by atoms with Crippen LogP contribution in [0.5, 0.6) is 0 Å². The maximum Gasteiger partial charge on any atom is 0.410 e. The zero-order chi connectivity index (χ0) is 19.6. The first-order valence-electron chi connectivity index (χ1n) is 7.07. The van der Waals surface area contributed by atoms with Crippen molar-refractivity contribution >= 4 is 64.2 Å². The van der Waals surface area contributed by atoms with E-state index >= 15 is 0 Å². The molecule has 1 aliphatic heterocycles. The number of benzene rings is 1. The summed E-state index contributed by atoms with van der Waals surface area (Å²) in [6, 6.07) is 1.60. The minimum absolute atomic E-state index is 0.0110. The molecule has 26 heavy (non-hydrogen) atoms. The average molecular weight is 446 g/mol. The Hall–Kier alpha value is -1.48. The number of esters is 1. The van der Waals surface area contributed by atoms with Crippen LogP contribution in [0.25, 0.3) is 0 Å². The van der Waals surface area contributed by atoms with Crippen LogP contribution in [0, 0.1) is 10.1 Å². The molecule has 0 aromatic heterocycles. The molecular formula is C14H12Cl4N2O6. The lowest BCUT2D eigenvalue weighted by Gasteiger charge is -2.34. The summed E-state index contributed by atoms with van der Waals surface area (Å²) in [5, 5.41) is 11.0. The van der Waals surface area contributed by atoms with Gasteiger partial charge >= 0.3 is 12.1 Å². The number of rotatable bonds is 3. The van der Waals surface area contributed by atoms with Gasteiger partial charge in [0.15, 0.2) is 0 Å². The second-order valence-corrected chi connectivity index (χ2v) is 8.29. The molecule has 0 bridgehead atoms. The lowest BCUT2D eigenvalue weighted by molar-refractivity contribution is -0.384. The Labute approximate surface area is 168 Å². The molecule has 2 rings (SSSR count). The van der Waals surface area contributed by atoms with Gasteiger partial charge in [0.1, 0.15) is 17.7 Å². The number of alkyl halides is 3. The highest BCUT2D eigenvalue weighted by molar-refractivity contribution is 6.67. The SMILES string of the molecule is COC(=O)C1Cc2cc([N+](=O)[O-])c(Cl)cc2CN1C(=O)OCC(Cl)(Cl)Cl. The van der Waals surface area contributed by atoms with Crippen molar-refractivity contribution in [1.29, 1.82) is 0 Å². The number of hydrogen-bond donors (Lipinski definition) is 0. The van der Waals surface area contributed by atoms with Gasteiger partial charge in [0.05, 0.1) is 18.6 Å². The van der Waals surface area contributed by atoms with Crippen LogP contribution in [0.4, 0.5) is 10.5 Å². The van der Waals surface area contributed by atoms with Gasteiger partial charge < -0.3 is 9.47 Å². The molecule has 1 amide bonds. The maximum absolute atomic E-state index is 12.3. The fourth-order valence-electron chi connectivity index (χ4n) is 2.50. The Morgan fingerprint density at radius 3 is 2.54 bits per heavy atom. The van der Waals surface area contributed by atoms with E-state index in [9.17, 15) is 19.7 Å². The summed E-state index contributed by atoms with van der Waals surface area (Å²) in [5.74, 6) is -0.709. The van der Waals surface area contributed by atoms with E-state index in [0.717, 1.165) is 12.0 Å². The lowest BCUT2D eigenvalue weighted by atomic mass is 9.93. The number of hydrogen-bond acceptors (Lipinski definition) is 6. The normalized spacial score (nSPS) is 16.7. The first-order valence-corrected chi connectivity index (χ1v) is 8.58. The van der Waals surface area contributed by atoms with E-state index in [2.05, 4.69) is 0 Å². The van der Waals surface area contributed by atoms with Gasteiger partial charge in [0, 0.05) is 12.5 Å². The van der Waals surface area contributed by atoms with Gasteiger partial charge in [-0.3, -0.25) is 15.0 Å². The number of nitrogens with zero attached hydrogens (tertiary/aromatic N) is 2. The van der Waals surface area contributed by atoms with E-state index in [0.29, 0.717) is 11.1 Å². The van der Waals surface area contributed by atoms with Gasteiger partial charge in [-0.15, -0.1) is 0 Å². The second kappa shape index (κ2) is 8.04. The highest BCUT2D eigenvalue weighted by atomic mass is 35.6. The van der Waals surface area contributed by atoms with Gasteiger partial charge in [-0.25, -0.2) is 9.59 Å². The smallest absolute Gasteiger partial charge is 0.410 e. The van der Waals surface area contributed by atoms with Crippen LogP contribution < -0.4 is 0 Å². The molecule has 1 aromatic carbocycles. The summed E-state index contributed by atoms with van der Waals surface area (Å²) in [6.07, 6.45) is -0.907. The average Bonchev–Trinajstić information content (AvgIpc) is 2.56. The van der Waals surface area contributed by atoms with Gasteiger partial charge in [0.2, 0.25) is 3.79 Å². The van der Waals surface area contributed by atoms with Crippen molar-refractivity contribution in [3.05, 3.63) is 38.4 Å². The van der Waals surface area contributed by atoms with E-state index in [4.69, 9.17) is 55.9 Å². The van der Waals surface area contributed by atoms with Crippen LogP contribution in [-0.4, -0.2) is 45.4 Å². The van der Waals surface area contributed by atoms with Crippen molar-refractivity contribution in [2.24, 2.45) is 0 Å². The van der Waals surface area contributed by atoms with Crippen molar-refractivity contribution in [2.45, 2.75) is 22.8 Å². The predicted octanol–water partition coefficient (Wildman–Crippen LogP) is 3.65. The van der Waals surface area contributed by atoms with E-state index in [1.54, 1.807) is 0 Å². The Bertz CT molecular complexity index is 752. The monoisotopic (exact) mass is 444 g/mol. The molecule has 0 radical (unpaired) electrons. The standard InChI is InChI=1S/C14H12Cl4N2O6/c1-25-12(21)11-4-7-3-10(20(23)24)9(15)2-8(7)5-19(11)13(22)26-6-14(16,17)18/h2-3,11H,4-6H2,1H3. The molecule has 0 fully saturated rings. The number of methoxy groups -OCH3 is 1. The summed E-state index contributed by atoms with van der Waals surface area (Å²) in [5.41, 5.74) is 0.745. The van der Waals surface area contributed by atoms with Crippen LogP contribution in [-0.2, 0) is 27.2 Å². The molecular weight excluding hydrogens is 434 g/mol. The highest BCUT2D eigenvalue weighted by Crippen LogP contribution is 2.34. The molecule has 142 valence electrons. The molecule has 0 N–H and O–H groups in total. The number of ether oxygens (including phenoxy) is 2. The minimum Gasteiger partial charge on any atom is -0.467 e. The number of carbonyl (C=O) groups excluding carboxylic acids is 2. The van der Waals surface area contributed by atoms with Crippen molar-refractivity contribution in [1.82, 2.24) is 4.90 Å². The van der Waals surface area contributed by atoms with Crippen LogP contribution in [0.1, 0.15) is 11.1 Å². The Kier molecular flexibility index (Phi) is 6.44. The van der Waals surface area contributed by atoms with Crippen LogP contribution >= 0.6 is 46.4 Å². The Morgan fingerprint density at radius 2 is 2.00 bits per heavy atom. The third kappa shape index (κ3) is 4.82. The van der Waals surface area contributed by atoms with E-state index in [-0.39, 0.29) is 23.7 Å². The fraction of sp³-hybridized carbons (Fsp3) is 0.429. The zero-order valence-corrected chi connectivity index (χ0v) is 16.2. The summed E-state index contributed by atoms with van der Waals surface area (Å²) in [7, 11) is 1.16.